The van der Waals surface area contributed by atoms with Gasteiger partial charge in [-0.25, -0.2) is 0 Å². The first-order valence-corrected chi connectivity index (χ1v) is 9.92. The molecule has 0 aliphatic carbocycles. The standard InChI is InChI=1S/C22H27N3O3/c1-3-16(4-2)22(27)25-14-8-11-19(25)21(26)24-18-10-5-6-12-20(18)28-17-9-7-13-23-15-17/h5-7,9-10,12-13,15-16,19H,3-4,8,11,14H2,1-2H3,(H,24,26)/t19-/m1/s1. The zero-order valence-electron chi connectivity index (χ0n) is 16.4. The summed E-state index contributed by atoms with van der Waals surface area (Å²) in [5, 5.41) is 2.95. The van der Waals surface area contributed by atoms with E-state index in [4.69, 9.17) is 4.74 Å². The molecule has 6 nitrogen and oxygen atoms in total. The van der Waals surface area contributed by atoms with Gasteiger partial charge in [-0.15, -0.1) is 0 Å². The number of amides is 2. The fraction of sp³-hybridized carbons (Fsp3) is 0.409. The van der Waals surface area contributed by atoms with E-state index in [1.54, 1.807) is 41.6 Å². The Morgan fingerprint density at radius 2 is 2.00 bits per heavy atom. The van der Waals surface area contributed by atoms with Gasteiger partial charge in [0.15, 0.2) is 5.75 Å². The van der Waals surface area contributed by atoms with Crippen molar-refractivity contribution >= 4 is 17.5 Å². The maximum absolute atomic E-state index is 13.0. The summed E-state index contributed by atoms with van der Waals surface area (Å²) in [5.41, 5.74) is 0.582. The van der Waals surface area contributed by atoms with E-state index in [2.05, 4.69) is 10.3 Å². The molecule has 0 spiro atoms. The van der Waals surface area contributed by atoms with Crippen molar-refractivity contribution in [1.82, 2.24) is 9.88 Å². The van der Waals surface area contributed by atoms with Crippen LogP contribution in [0, 0.1) is 5.92 Å². The molecule has 6 heteroatoms. The number of hydrogen-bond donors (Lipinski definition) is 1. The summed E-state index contributed by atoms with van der Waals surface area (Å²) in [6.07, 6.45) is 6.41. The number of pyridine rings is 1. The number of benzene rings is 1. The van der Waals surface area contributed by atoms with Gasteiger partial charge in [0.25, 0.3) is 0 Å². The van der Waals surface area contributed by atoms with Crippen molar-refractivity contribution < 1.29 is 14.3 Å². The number of nitrogens with one attached hydrogen (secondary N) is 1. The van der Waals surface area contributed by atoms with E-state index in [9.17, 15) is 9.59 Å². The van der Waals surface area contributed by atoms with E-state index >= 15 is 0 Å². The van der Waals surface area contributed by atoms with Gasteiger partial charge in [0.05, 0.1) is 11.9 Å². The number of anilines is 1. The van der Waals surface area contributed by atoms with E-state index < -0.39 is 6.04 Å². The number of para-hydroxylation sites is 2. The Balaban J connectivity index is 1.73. The predicted octanol–water partition coefficient (Wildman–Crippen LogP) is 4.24. The molecule has 1 aromatic carbocycles. The monoisotopic (exact) mass is 381 g/mol. The lowest BCUT2D eigenvalue weighted by molar-refractivity contribution is -0.140. The molecule has 1 N–H and O–H groups in total. The number of hydrogen-bond acceptors (Lipinski definition) is 4. The van der Waals surface area contributed by atoms with Gasteiger partial charge in [-0.1, -0.05) is 26.0 Å². The molecule has 0 bridgehead atoms. The molecule has 1 aromatic heterocycles. The third-order valence-electron chi connectivity index (χ3n) is 5.18. The van der Waals surface area contributed by atoms with Crippen molar-refractivity contribution in [3.8, 4) is 11.5 Å². The second-order valence-corrected chi connectivity index (χ2v) is 6.98. The fourth-order valence-electron chi connectivity index (χ4n) is 3.58. The molecule has 1 aliphatic rings. The number of rotatable bonds is 7. The molecule has 3 rings (SSSR count). The summed E-state index contributed by atoms with van der Waals surface area (Å²) in [7, 11) is 0. The summed E-state index contributed by atoms with van der Waals surface area (Å²) in [5.74, 6) is 1.03. The van der Waals surface area contributed by atoms with Crippen molar-refractivity contribution in [2.24, 2.45) is 5.92 Å². The van der Waals surface area contributed by atoms with Crippen LogP contribution in [0.3, 0.4) is 0 Å². The Morgan fingerprint density at radius 3 is 2.71 bits per heavy atom. The second-order valence-electron chi connectivity index (χ2n) is 6.98. The van der Waals surface area contributed by atoms with Gasteiger partial charge >= 0.3 is 0 Å². The highest BCUT2D eigenvalue weighted by atomic mass is 16.5. The smallest absolute Gasteiger partial charge is 0.247 e. The summed E-state index contributed by atoms with van der Waals surface area (Å²) >= 11 is 0. The average molecular weight is 381 g/mol. The normalized spacial score (nSPS) is 16.2. The van der Waals surface area contributed by atoms with Gasteiger partial charge in [0.1, 0.15) is 11.8 Å². The zero-order valence-corrected chi connectivity index (χ0v) is 16.4. The third kappa shape index (κ3) is 4.50. The molecule has 1 saturated heterocycles. The molecule has 1 fully saturated rings. The Morgan fingerprint density at radius 1 is 1.21 bits per heavy atom. The minimum absolute atomic E-state index is 0.0189. The van der Waals surface area contributed by atoms with Crippen LogP contribution in [0.1, 0.15) is 39.5 Å². The average Bonchev–Trinajstić information content (AvgIpc) is 3.21. The largest absolute Gasteiger partial charge is 0.454 e. The van der Waals surface area contributed by atoms with Gasteiger partial charge in [0.2, 0.25) is 11.8 Å². The molecule has 1 atom stereocenters. The molecule has 148 valence electrons. The number of carbonyl (C=O) groups excluding carboxylic acids is 2. The first kappa shape index (κ1) is 19.9. The van der Waals surface area contributed by atoms with Crippen LogP contribution in [0.4, 0.5) is 5.69 Å². The van der Waals surface area contributed by atoms with Crippen LogP contribution in [-0.4, -0.2) is 34.3 Å². The van der Waals surface area contributed by atoms with Crippen molar-refractivity contribution in [3.05, 3.63) is 48.8 Å². The Bertz CT molecular complexity index is 806. The van der Waals surface area contributed by atoms with Crippen molar-refractivity contribution in [2.45, 2.75) is 45.6 Å². The predicted molar refractivity (Wildman–Crippen MR) is 108 cm³/mol. The van der Waals surface area contributed by atoms with Crippen molar-refractivity contribution in [2.75, 3.05) is 11.9 Å². The molecule has 0 unspecified atom stereocenters. The fourth-order valence-corrected chi connectivity index (χ4v) is 3.58. The van der Waals surface area contributed by atoms with Gasteiger partial charge in [-0.3, -0.25) is 14.6 Å². The summed E-state index contributed by atoms with van der Waals surface area (Å²) < 4.78 is 5.86. The van der Waals surface area contributed by atoms with E-state index in [0.29, 0.717) is 30.2 Å². The van der Waals surface area contributed by atoms with Gasteiger partial charge in [0, 0.05) is 18.7 Å². The highest BCUT2D eigenvalue weighted by Gasteiger charge is 2.36. The molecule has 2 amide bonds. The van der Waals surface area contributed by atoms with Crippen molar-refractivity contribution in [3.63, 3.8) is 0 Å². The molecular weight excluding hydrogens is 354 g/mol. The first-order valence-electron chi connectivity index (χ1n) is 9.92. The SMILES string of the molecule is CCC(CC)C(=O)N1CCC[C@@H]1C(=O)Nc1ccccc1Oc1cccnc1. The summed E-state index contributed by atoms with van der Waals surface area (Å²) in [4.78, 5) is 31.5. The molecule has 2 aromatic rings. The lowest BCUT2D eigenvalue weighted by Crippen LogP contribution is -2.45. The Hall–Kier alpha value is -2.89. The topological polar surface area (TPSA) is 71.5 Å². The van der Waals surface area contributed by atoms with Crippen LogP contribution in [-0.2, 0) is 9.59 Å². The van der Waals surface area contributed by atoms with E-state index in [0.717, 1.165) is 19.3 Å². The third-order valence-corrected chi connectivity index (χ3v) is 5.18. The van der Waals surface area contributed by atoms with Crippen LogP contribution in [0.25, 0.3) is 0 Å². The number of nitrogens with zero attached hydrogens (tertiary/aromatic N) is 2. The van der Waals surface area contributed by atoms with Crippen LogP contribution >= 0.6 is 0 Å². The number of ether oxygens (including phenoxy) is 1. The lowest BCUT2D eigenvalue weighted by Gasteiger charge is -2.27. The van der Waals surface area contributed by atoms with Crippen LogP contribution < -0.4 is 10.1 Å². The van der Waals surface area contributed by atoms with E-state index in [-0.39, 0.29) is 17.7 Å². The molecule has 0 radical (unpaired) electrons. The first-order chi connectivity index (χ1) is 13.6. The Labute approximate surface area is 165 Å². The minimum Gasteiger partial charge on any atom is -0.454 e. The maximum Gasteiger partial charge on any atom is 0.247 e. The molecule has 28 heavy (non-hydrogen) atoms. The van der Waals surface area contributed by atoms with Crippen LogP contribution in [0.2, 0.25) is 0 Å². The zero-order chi connectivity index (χ0) is 19.9. The number of likely N-dealkylation sites (tertiary alicyclic amines) is 1. The van der Waals surface area contributed by atoms with Crippen LogP contribution in [0.15, 0.2) is 48.8 Å². The van der Waals surface area contributed by atoms with Gasteiger partial charge in [-0.05, 0) is 49.9 Å². The highest BCUT2D eigenvalue weighted by Crippen LogP contribution is 2.30. The highest BCUT2D eigenvalue weighted by molar-refractivity contribution is 5.98. The van der Waals surface area contributed by atoms with Crippen molar-refractivity contribution in [1.29, 1.82) is 0 Å². The molecule has 2 heterocycles. The summed E-state index contributed by atoms with van der Waals surface area (Å²) in [6, 6.07) is 10.4. The minimum atomic E-state index is -0.431. The summed E-state index contributed by atoms with van der Waals surface area (Å²) in [6.45, 7) is 4.67. The van der Waals surface area contributed by atoms with E-state index in [1.807, 2.05) is 26.0 Å². The molecule has 0 saturated carbocycles. The Kier molecular flexibility index (Phi) is 6.63. The van der Waals surface area contributed by atoms with Gasteiger partial charge < -0.3 is 15.0 Å². The lowest BCUT2D eigenvalue weighted by atomic mass is 10.0. The van der Waals surface area contributed by atoms with Crippen LogP contribution in [0.5, 0.6) is 11.5 Å². The maximum atomic E-state index is 13.0. The second kappa shape index (κ2) is 9.35. The number of carbonyl (C=O) groups is 2. The molecule has 1 aliphatic heterocycles. The number of aromatic nitrogens is 1. The van der Waals surface area contributed by atoms with Gasteiger partial charge in [-0.2, -0.15) is 0 Å². The molecular formula is C22H27N3O3. The quantitative estimate of drug-likeness (QED) is 0.779. The van der Waals surface area contributed by atoms with E-state index in [1.165, 1.54) is 0 Å².